The molecule has 0 unspecified atom stereocenters. The van der Waals surface area contributed by atoms with Crippen molar-refractivity contribution in [2.45, 2.75) is 79.5 Å². The van der Waals surface area contributed by atoms with E-state index in [4.69, 9.17) is 21.4 Å². The Morgan fingerprint density at radius 3 is 2.15 bits per heavy atom. The van der Waals surface area contributed by atoms with Crippen molar-refractivity contribution in [3.63, 3.8) is 0 Å². The summed E-state index contributed by atoms with van der Waals surface area (Å²) in [6, 6.07) is 4.03. The van der Waals surface area contributed by atoms with Crippen molar-refractivity contribution in [1.29, 1.82) is 0 Å². The van der Waals surface area contributed by atoms with E-state index in [-0.39, 0.29) is 11.4 Å². The van der Waals surface area contributed by atoms with Crippen LogP contribution in [0, 0.1) is 6.92 Å². The van der Waals surface area contributed by atoms with E-state index in [1.807, 2.05) is 19.1 Å². The van der Waals surface area contributed by atoms with Gasteiger partial charge in [-0.05, 0) is 0 Å². The minimum absolute atomic E-state index is 0.167. The predicted octanol–water partition coefficient (Wildman–Crippen LogP) is 5.07. The van der Waals surface area contributed by atoms with Crippen LogP contribution in [-0.4, -0.2) is 44.4 Å². The van der Waals surface area contributed by atoms with Crippen LogP contribution >= 0.6 is 0 Å². The number of H-pyrrole nitrogens is 1. The molecular weight excluding hydrogens is 519 g/mol. The minimum atomic E-state index is -3.04. The van der Waals surface area contributed by atoms with Gasteiger partial charge >= 0.3 is 202 Å². The molecule has 178 valence electrons. The number of aromatic nitrogens is 4. The maximum absolute atomic E-state index is 12.5. The quantitative estimate of drug-likeness (QED) is 0.269. The zero-order valence-corrected chi connectivity index (χ0v) is 23.4. The van der Waals surface area contributed by atoms with Gasteiger partial charge in [0.15, 0.2) is 0 Å². The molecule has 0 aliphatic rings. The van der Waals surface area contributed by atoms with Crippen molar-refractivity contribution in [3.05, 3.63) is 29.6 Å². The number of aromatic amines is 1. The first kappa shape index (κ1) is 25.5. The third-order valence-electron chi connectivity index (χ3n) is 6.75. The molecule has 2 aromatic heterocycles. The average molecular weight is 557 g/mol. The van der Waals surface area contributed by atoms with Crippen LogP contribution in [0.4, 0.5) is 5.69 Å². The van der Waals surface area contributed by atoms with Gasteiger partial charge in [-0.1, -0.05) is 0 Å². The predicted molar refractivity (Wildman–Crippen MR) is 139 cm³/mol. The summed E-state index contributed by atoms with van der Waals surface area (Å²) in [5.74, 6) is -0.587. The van der Waals surface area contributed by atoms with E-state index < -0.39 is 24.3 Å². The first-order valence-electron chi connectivity index (χ1n) is 12.3. The summed E-state index contributed by atoms with van der Waals surface area (Å²) < 4.78 is 4.50. The molecule has 0 saturated heterocycles. The molecule has 5 N–H and O–H groups in total. The molecule has 0 aliphatic carbocycles. The van der Waals surface area contributed by atoms with Gasteiger partial charge in [-0.25, -0.2) is 0 Å². The van der Waals surface area contributed by atoms with E-state index in [9.17, 15) is 4.79 Å². The molecule has 2 heterocycles. The SMILES string of the molecule is CCC[CH2][Sn]([CH2]CCC)([CH2]CCC)[c]1nc(C(N)=O)c(N)c(-c2c(C)ccc3[nH]ncc23)n1. The van der Waals surface area contributed by atoms with Gasteiger partial charge in [0.05, 0.1) is 0 Å². The number of nitrogens with two attached hydrogens (primary N) is 2. The van der Waals surface area contributed by atoms with Gasteiger partial charge in [0.1, 0.15) is 0 Å². The average Bonchev–Trinajstić information content (AvgIpc) is 3.28. The van der Waals surface area contributed by atoms with E-state index in [0.29, 0.717) is 5.69 Å². The fourth-order valence-electron chi connectivity index (χ4n) is 4.78. The first-order valence-corrected chi connectivity index (χ1v) is 19.8. The molecular formula is C25H38N6OSn. The fraction of sp³-hybridized carbons (Fsp3) is 0.520. The Balaban J connectivity index is 2.32. The van der Waals surface area contributed by atoms with Crippen LogP contribution in [-0.2, 0) is 0 Å². The molecule has 0 aliphatic heterocycles. The van der Waals surface area contributed by atoms with E-state index in [1.54, 1.807) is 6.20 Å². The molecule has 1 aromatic carbocycles. The first-order chi connectivity index (χ1) is 15.9. The van der Waals surface area contributed by atoms with E-state index in [0.717, 1.165) is 45.1 Å². The number of amides is 1. The number of nitrogens with zero attached hydrogens (tertiary/aromatic N) is 3. The molecule has 0 atom stereocenters. The van der Waals surface area contributed by atoms with Crippen molar-refractivity contribution in [3.8, 4) is 11.3 Å². The van der Waals surface area contributed by atoms with Gasteiger partial charge in [0.2, 0.25) is 0 Å². The number of anilines is 1. The Kier molecular flexibility index (Phi) is 8.73. The van der Waals surface area contributed by atoms with Gasteiger partial charge in [0.25, 0.3) is 0 Å². The van der Waals surface area contributed by atoms with Gasteiger partial charge in [0, 0.05) is 0 Å². The molecule has 1 amide bonds. The number of carbonyl (C=O) groups excluding carboxylic acids is 1. The zero-order valence-electron chi connectivity index (χ0n) is 20.5. The second-order valence-corrected chi connectivity index (χ2v) is 22.1. The van der Waals surface area contributed by atoms with E-state index in [2.05, 4.69) is 31.0 Å². The standard InChI is InChI=1S/C13H11N6O.3C4H9.Sn/c1-6-2-3-8-7(4-18-19-8)9(6)11-10(14)12(13(15)20)17-5-16-11;3*1-3-4-2;/h2-4H,14H2,1H3,(H2,15,20)(H,18,19);3*1,3-4H2,2H3;. The molecule has 33 heavy (non-hydrogen) atoms. The Hall–Kier alpha value is -2.16. The number of primary amides is 1. The molecule has 3 aromatic rings. The summed E-state index contributed by atoms with van der Waals surface area (Å²) in [7, 11) is 0. The topological polar surface area (TPSA) is 124 Å². The molecule has 0 bridgehead atoms. The number of carbonyl (C=O) groups is 1. The number of fused-ring (bicyclic) bond motifs is 1. The van der Waals surface area contributed by atoms with Crippen molar-refractivity contribution in [2.24, 2.45) is 5.73 Å². The molecule has 7 nitrogen and oxygen atoms in total. The third kappa shape index (κ3) is 5.33. The normalized spacial score (nSPS) is 11.9. The summed E-state index contributed by atoms with van der Waals surface area (Å²) in [4.78, 5) is 22.5. The second kappa shape index (κ2) is 11.3. The van der Waals surface area contributed by atoms with Crippen LogP contribution in [0.5, 0.6) is 0 Å². The van der Waals surface area contributed by atoms with Crippen molar-refractivity contribution in [1.82, 2.24) is 20.2 Å². The second-order valence-electron chi connectivity index (χ2n) is 9.20. The van der Waals surface area contributed by atoms with Crippen LogP contribution in [0.3, 0.4) is 0 Å². The monoisotopic (exact) mass is 558 g/mol. The number of aryl methyl sites for hydroxylation is 1. The summed E-state index contributed by atoms with van der Waals surface area (Å²) in [6.45, 7) is 8.75. The Morgan fingerprint density at radius 1 is 1.00 bits per heavy atom. The summed E-state index contributed by atoms with van der Waals surface area (Å²) >= 11 is -3.04. The molecule has 8 heteroatoms. The van der Waals surface area contributed by atoms with Crippen LogP contribution in [0.2, 0.25) is 13.3 Å². The summed E-state index contributed by atoms with van der Waals surface area (Å²) in [5.41, 5.74) is 16.2. The van der Waals surface area contributed by atoms with Crippen molar-refractivity contribution in [2.75, 3.05) is 5.73 Å². The molecule has 0 radical (unpaired) electrons. The number of rotatable bonds is 12. The molecule has 3 rings (SSSR count). The van der Waals surface area contributed by atoms with Crippen molar-refractivity contribution >= 4 is 44.7 Å². The maximum atomic E-state index is 12.5. The number of hydrogen-bond donors (Lipinski definition) is 3. The van der Waals surface area contributed by atoms with Crippen molar-refractivity contribution < 1.29 is 4.79 Å². The number of unbranched alkanes of at least 4 members (excludes halogenated alkanes) is 3. The number of nitrogen functional groups attached to an aromatic ring is 1. The van der Waals surface area contributed by atoms with E-state index >= 15 is 0 Å². The van der Waals surface area contributed by atoms with Gasteiger partial charge in [-0.15, -0.1) is 0 Å². The van der Waals surface area contributed by atoms with Crippen LogP contribution in [0.15, 0.2) is 18.3 Å². The number of nitrogens with one attached hydrogen (secondary N) is 1. The van der Waals surface area contributed by atoms with Crippen LogP contribution in [0.25, 0.3) is 22.2 Å². The fourth-order valence-corrected chi connectivity index (χ4v) is 19.7. The van der Waals surface area contributed by atoms with Crippen LogP contribution < -0.4 is 15.3 Å². The number of benzene rings is 1. The number of hydrogen-bond acceptors (Lipinski definition) is 5. The van der Waals surface area contributed by atoms with Gasteiger partial charge in [-0.3, -0.25) is 0 Å². The molecule has 0 fully saturated rings. The Morgan fingerprint density at radius 2 is 1.61 bits per heavy atom. The molecule has 0 spiro atoms. The van der Waals surface area contributed by atoms with Gasteiger partial charge < -0.3 is 0 Å². The van der Waals surface area contributed by atoms with Gasteiger partial charge in [-0.2, -0.15) is 0 Å². The van der Waals surface area contributed by atoms with Crippen LogP contribution in [0.1, 0.15) is 75.3 Å². The summed E-state index contributed by atoms with van der Waals surface area (Å²) in [5, 5.41) is 8.19. The molecule has 0 saturated carbocycles. The summed E-state index contributed by atoms with van der Waals surface area (Å²) in [6.07, 6.45) is 8.77. The Bertz CT molecular complexity index is 1090. The Labute approximate surface area is 201 Å². The van der Waals surface area contributed by atoms with E-state index in [1.165, 1.54) is 32.6 Å². The zero-order chi connectivity index (χ0) is 24.0. The third-order valence-corrected chi connectivity index (χ3v) is 21.3.